The maximum absolute atomic E-state index is 5.31. The summed E-state index contributed by atoms with van der Waals surface area (Å²) in [6, 6.07) is 1.30. The van der Waals surface area contributed by atoms with Crippen LogP contribution in [0.25, 0.3) is 0 Å². The Morgan fingerprint density at radius 2 is 1.28 bits per heavy atom. The van der Waals surface area contributed by atoms with Gasteiger partial charge in [0.2, 0.25) is 0 Å². The van der Waals surface area contributed by atoms with Crippen molar-refractivity contribution in [3.8, 4) is 0 Å². The molecular formula is C14H28N2O2. The third-order valence-corrected chi connectivity index (χ3v) is 4.39. The molecule has 2 rings (SSSR count). The molecule has 2 atom stereocenters. The molecule has 2 fully saturated rings. The fraction of sp³-hybridized carbons (Fsp3) is 1.00. The second-order valence-electron chi connectivity index (χ2n) is 5.57. The van der Waals surface area contributed by atoms with E-state index in [2.05, 4.69) is 9.80 Å². The summed E-state index contributed by atoms with van der Waals surface area (Å²) in [5.74, 6) is 0. The lowest BCUT2D eigenvalue weighted by molar-refractivity contribution is 0.0874. The molecule has 0 aromatic rings. The summed E-state index contributed by atoms with van der Waals surface area (Å²) >= 11 is 0. The smallest absolute Gasteiger partial charge is 0.0618 e. The third-order valence-electron chi connectivity index (χ3n) is 4.39. The standard InChI is InChI=1S/C14H28N2O2/c1-17-11-13-5-3-7-15(13)9-10-16-8-4-6-14(16)12-18-2/h13-14H,3-12H2,1-2H3/t13-,14-/m1/s1. The Morgan fingerprint density at radius 3 is 1.67 bits per heavy atom. The Balaban J connectivity index is 1.73. The number of hydrogen-bond donors (Lipinski definition) is 0. The highest BCUT2D eigenvalue weighted by Crippen LogP contribution is 2.20. The lowest BCUT2D eigenvalue weighted by Gasteiger charge is -2.29. The number of hydrogen-bond acceptors (Lipinski definition) is 4. The van der Waals surface area contributed by atoms with Crippen LogP contribution in [0, 0.1) is 0 Å². The van der Waals surface area contributed by atoms with Gasteiger partial charge in [-0.2, -0.15) is 0 Å². The number of likely N-dealkylation sites (tertiary alicyclic amines) is 2. The van der Waals surface area contributed by atoms with Gasteiger partial charge >= 0.3 is 0 Å². The van der Waals surface area contributed by atoms with Gasteiger partial charge in [0, 0.05) is 39.4 Å². The number of rotatable bonds is 7. The van der Waals surface area contributed by atoms with Crippen molar-refractivity contribution in [1.82, 2.24) is 9.80 Å². The van der Waals surface area contributed by atoms with E-state index in [0.29, 0.717) is 12.1 Å². The summed E-state index contributed by atoms with van der Waals surface area (Å²) in [6.45, 7) is 6.65. The predicted molar refractivity (Wildman–Crippen MR) is 72.9 cm³/mol. The minimum absolute atomic E-state index is 0.651. The first-order valence-electron chi connectivity index (χ1n) is 7.31. The molecule has 2 heterocycles. The van der Waals surface area contributed by atoms with Crippen LogP contribution in [0.5, 0.6) is 0 Å². The Bertz CT molecular complexity index is 214. The number of nitrogens with zero attached hydrogens (tertiary/aromatic N) is 2. The SMILES string of the molecule is COC[C@H]1CCCN1CCN1CCC[C@@H]1COC. The highest BCUT2D eigenvalue weighted by molar-refractivity contribution is 4.83. The van der Waals surface area contributed by atoms with Crippen LogP contribution in [0.2, 0.25) is 0 Å². The molecule has 2 saturated heterocycles. The third kappa shape index (κ3) is 3.67. The highest BCUT2D eigenvalue weighted by atomic mass is 16.5. The van der Waals surface area contributed by atoms with Gasteiger partial charge in [0.15, 0.2) is 0 Å². The highest BCUT2D eigenvalue weighted by Gasteiger charge is 2.27. The average molecular weight is 256 g/mol. The molecule has 0 aromatic carbocycles. The summed E-state index contributed by atoms with van der Waals surface area (Å²) in [5.41, 5.74) is 0. The van der Waals surface area contributed by atoms with Crippen LogP contribution in [-0.2, 0) is 9.47 Å². The molecular weight excluding hydrogens is 228 g/mol. The van der Waals surface area contributed by atoms with Crippen LogP contribution < -0.4 is 0 Å². The molecule has 0 radical (unpaired) electrons. The first kappa shape index (κ1) is 14.3. The van der Waals surface area contributed by atoms with Crippen molar-refractivity contribution in [3.63, 3.8) is 0 Å². The minimum Gasteiger partial charge on any atom is -0.383 e. The topological polar surface area (TPSA) is 24.9 Å². The molecule has 106 valence electrons. The van der Waals surface area contributed by atoms with Gasteiger partial charge in [0.1, 0.15) is 0 Å². The molecule has 0 unspecified atom stereocenters. The van der Waals surface area contributed by atoms with Gasteiger partial charge in [0.05, 0.1) is 13.2 Å². The zero-order valence-electron chi connectivity index (χ0n) is 11.9. The van der Waals surface area contributed by atoms with Crippen molar-refractivity contribution >= 4 is 0 Å². The fourth-order valence-corrected chi connectivity index (χ4v) is 3.40. The van der Waals surface area contributed by atoms with E-state index < -0.39 is 0 Å². The molecule has 2 aliphatic heterocycles. The second kappa shape index (κ2) is 7.43. The molecule has 0 aromatic heterocycles. The van der Waals surface area contributed by atoms with E-state index in [1.54, 1.807) is 0 Å². The zero-order valence-corrected chi connectivity index (χ0v) is 11.9. The van der Waals surface area contributed by atoms with Crippen LogP contribution >= 0.6 is 0 Å². The Morgan fingerprint density at radius 1 is 0.833 bits per heavy atom. The van der Waals surface area contributed by atoms with E-state index in [0.717, 1.165) is 13.2 Å². The largest absolute Gasteiger partial charge is 0.383 e. The van der Waals surface area contributed by atoms with Gasteiger partial charge in [-0.05, 0) is 38.8 Å². The lowest BCUT2D eigenvalue weighted by atomic mass is 10.2. The number of methoxy groups -OCH3 is 2. The molecule has 0 amide bonds. The van der Waals surface area contributed by atoms with Gasteiger partial charge in [-0.25, -0.2) is 0 Å². The molecule has 0 aliphatic carbocycles. The van der Waals surface area contributed by atoms with E-state index in [-0.39, 0.29) is 0 Å². The quantitative estimate of drug-likeness (QED) is 0.683. The van der Waals surface area contributed by atoms with Gasteiger partial charge in [-0.15, -0.1) is 0 Å². The van der Waals surface area contributed by atoms with Crippen LogP contribution in [0.3, 0.4) is 0 Å². The van der Waals surface area contributed by atoms with Crippen LogP contribution in [0.4, 0.5) is 0 Å². The van der Waals surface area contributed by atoms with E-state index in [4.69, 9.17) is 9.47 Å². The molecule has 18 heavy (non-hydrogen) atoms. The van der Waals surface area contributed by atoms with E-state index in [9.17, 15) is 0 Å². The fourth-order valence-electron chi connectivity index (χ4n) is 3.40. The molecule has 4 nitrogen and oxygen atoms in total. The second-order valence-corrected chi connectivity index (χ2v) is 5.57. The van der Waals surface area contributed by atoms with Crippen molar-refractivity contribution in [2.45, 2.75) is 37.8 Å². The molecule has 4 heteroatoms. The van der Waals surface area contributed by atoms with Crippen LogP contribution in [0.1, 0.15) is 25.7 Å². The van der Waals surface area contributed by atoms with E-state index in [1.807, 2.05) is 14.2 Å². The monoisotopic (exact) mass is 256 g/mol. The summed E-state index contributed by atoms with van der Waals surface area (Å²) in [7, 11) is 3.62. The van der Waals surface area contributed by atoms with Crippen molar-refractivity contribution in [3.05, 3.63) is 0 Å². The van der Waals surface area contributed by atoms with Crippen LogP contribution in [-0.4, -0.2) is 75.5 Å². The molecule has 0 bridgehead atoms. The first-order chi connectivity index (χ1) is 8.85. The maximum atomic E-state index is 5.31. The van der Waals surface area contributed by atoms with E-state index in [1.165, 1.54) is 51.9 Å². The summed E-state index contributed by atoms with van der Waals surface area (Å²) in [4.78, 5) is 5.21. The van der Waals surface area contributed by atoms with Crippen molar-refractivity contribution in [2.75, 3.05) is 53.6 Å². The average Bonchev–Trinajstić information content (AvgIpc) is 2.97. The molecule has 0 saturated carbocycles. The first-order valence-corrected chi connectivity index (χ1v) is 7.31. The maximum Gasteiger partial charge on any atom is 0.0618 e. The van der Waals surface area contributed by atoms with Gasteiger partial charge in [-0.1, -0.05) is 0 Å². The number of ether oxygens (including phenoxy) is 2. The summed E-state index contributed by atoms with van der Waals surface area (Å²) in [5, 5.41) is 0. The molecule has 2 aliphatic rings. The Kier molecular flexibility index (Phi) is 5.89. The normalized spacial score (nSPS) is 30.3. The molecule has 0 N–H and O–H groups in total. The lowest BCUT2D eigenvalue weighted by Crippen LogP contribution is -2.42. The van der Waals surface area contributed by atoms with Crippen molar-refractivity contribution in [1.29, 1.82) is 0 Å². The van der Waals surface area contributed by atoms with Crippen LogP contribution in [0.15, 0.2) is 0 Å². The van der Waals surface area contributed by atoms with Gasteiger partial charge in [-0.3, -0.25) is 9.80 Å². The van der Waals surface area contributed by atoms with Gasteiger partial charge in [0.25, 0.3) is 0 Å². The Hall–Kier alpha value is -0.160. The Labute approximate surface area is 111 Å². The molecule has 0 spiro atoms. The van der Waals surface area contributed by atoms with Gasteiger partial charge < -0.3 is 9.47 Å². The minimum atomic E-state index is 0.651. The zero-order chi connectivity index (χ0) is 12.8. The summed E-state index contributed by atoms with van der Waals surface area (Å²) < 4.78 is 10.6. The van der Waals surface area contributed by atoms with Crippen molar-refractivity contribution < 1.29 is 9.47 Å². The predicted octanol–water partition coefficient (Wildman–Crippen LogP) is 1.21. The van der Waals surface area contributed by atoms with Crippen molar-refractivity contribution in [2.24, 2.45) is 0 Å². The summed E-state index contributed by atoms with van der Waals surface area (Å²) in [6.07, 6.45) is 5.26. The van der Waals surface area contributed by atoms with E-state index >= 15 is 0 Å².